The van der Waals surface area contributed by atoms with Gasteiger partial charge in [-0.2, -0.15) is 0 Å². The van der Waals surface area contributed by atoms with Crippen LogP contribution in [0.2, 0.25) is 0 Å². The zero-order valence-electron chi connectivity index (χ0n) is 26.1. The number of aromatic carboxylic acids is 1. The van der Waals surface area contributed by atoms with Crippen LogP contribution in [0, 0.1) is 23.7 Å². The molecule has 4 bridgehead atoms. The van der Waals surface area contributed by atoms with E-state index in [1.54, 1.807) is 23.9 Å². The lowest BCUT2D eigenvalue weighted by Crippen LogP contribution is -2.60. The molecule has 3 aromatic rings. The van der Waals surface area contributed by atoms with E-state index in [1.165, 1.54) is 19.3 Å². The van der Waals surface area contributed by atoms with E-state index in [0.717, 1.165) is 64.3 Å². The molecule has 1 heterocycles. The highest BCUT2D eigenvalue weighted by molar-refractivity contribution is 7.99. The van der Waals surface area contributed by atoms with E-state index in [4.69, 9.17) is 9.47 Å². The minimum Gasteiger partial charge on any atom is -0.478 e. The number of carboxylic acids is 1. The summed E-state index contributed by atoms with van der Waals surface area (Å²) < 4.78 is 13.2. The third-order valence-electron chi connectivity index (χ3n) is 10.5. The normalized spacial score (nSPS) is 31.4. The van der Waals surface area contributed by atoms with Crippen molar-refractivity contribution in [1.82, 2.24) is 5.32 Å². The maximum Gasteiger partial charge on any atom is 0.335 e. The minimum absolute atomic E-state index is 0.0199. The number of aliphatic hydroxyl groups excluding tert-OH is 1. The van der Waals surface area contributed by atoms with Gasteiger partial charge in [-0.25, -0.2) is 9.59 Å². The topological polar surface area (TPSA) is 117 Å². The van der Waals surface area contributed by atoms with Crippen molar-refractivity contribution in [3.8, 4) is 0 Å². The number of carboxylic acid groups (broad SMARTS) is 1. The molecule has 242 valence electrons. The van der Waals surface area contributed by atoms with Crippen molar-refractivity contribution in [2.75, 3.05) is 11.1 Å². The van der Waals surface area contributed by atoms with E-state index >= 15 is 0 Å². The molecular weight excluding hydrogens is 600 g/mol. The molecule has 0 aromatic heterocycles. The number of urea groups is 1. The lowest BCUT2D eigenvalue weighted by molar-refractivity contribution is -0.268. The Morgan fingerprint density at radius 3 is 2.04 bits per heavy atom. The number of ether oxygens (including phenoxy) is 2. The molecule has 4 saturated carbocycles. The third-order valence-corrected chi connectivity index (χ3v) is 11.6. The van der Waals surface area contributed by atoms with Crippen LogP contribution < -0.4 is 10.6 Å². The summed E-state index contributed by atoms with van der Waals surface area (Å²) in [5.41, 5.74) is 3.65. The predicted molar refractivity (Wildman–Crippen MR) is 177 cm³/mol. The molecule has 0 spiro atoms. The number of carbonyl (C=O) groups excluding carboxylic acids is 1. The number of thioether (sulfide) groups is 1. The van der Waals surface area contributed by atoms with Gasteiger partial charge < -0.3 is 30.3 Å². The van der Waals surface area contributed by atoms with Gasteiger partial charge in [-0.15, -0.1) is 11.8 Å². The van der Waals surface area contributed by atoms with Gasteiger partial charge in [0.1, 0.15) is 0 Å². The second-order valence-electron chi connectivity index (χ2n) is 13.9. The summed E-state index contributed by atoms with van der Waals surface area (Å²) in [5, 5.41) is 25.2. The first-order chi connectivity index (χ1) is 22.3. The quantitative estimate of drug-likeness (QED) is 0.178. The molecule has 1 saturated heterocycles. The number of benzene rings is 3. The highest BCUT2D eigenvalue weighted by Gasteiger charge is 2.51. The zero-order chi connectivity index (χ0) is 31.8. The number of anilines is 1. The van der Waals surface area contributed by atoms with Crippen molar-refractivity contribution in [2.45, 2.75) is 81.0 Å². The Morgan fingerprint density at radius 2 is 1.46 bits per heavy atom. The van der Waals surface area contributed by atoms with E-state index in [-0.39, 0.29) is 41.9 Å². The van der Waals surface area contributed by atoms with Crippen molar-refractivity contribution in [2.24, 2.45) is 23.7 Å². The standard InChI is InChI=1S/C37H42N2O6S/c1-22-32(21-46-31-12-8-28(9-13-31)34(41)42)44-35(45-33(22)27-4-2-23(20-40)3-5-27)29-6-10-30(11-7-29)38-36(43)39-37-17-24-14-25(18-37)16-26(15-24)19-37/h2-13,22,24-26,32-33,35,40H,14-21H2,1H3,(H,41,42)(H2,38,39,43). The van der Waals surface area contributed by atoms with Gasteiger partial charge in [0.15, 0.2) is 6.29 Å². The summed E-state index contributed by atoms with van der Waals surface area (Å²) in [6.45, 7) is 2.10. The second kappa shape index (κ2) is 13.0. The smallest absolute Gasteiger partial charge is 0.335 e. The van der Waals surface area contributed by atoms with E-state index in [2.05, 4.69) is 17.6 Å². The average Bonchev–Trinajstić information content (AvgIpc) is 3.04. The van der Waals surface area contributed by atoms with Crippen LogP contribution in [0.15, 0.2) is 77.7 Å². The molecule has 5 aliphatic rings. The van der Waals surface area contributed by atoms with Gasteiger partial charge in [0.2, 0.25) is 0 Å². The van der Waals surface area contributed by atoms with Crippen molar-refractivity contribution in [1.29, 1.82) is 0 Å². The first-order valence-electron chi connectivity index (χ1n) is 16.4. The zero-order valence-corrected chi connectivity index (χ0v) is 26.9. The summed E-state index contributed by atoms with van der Waals surface area (Å²) in [6, 6.07) is 22.3. The highest BCUT2D eigenvalue weighted by atomic mass is 32.2. The van der Waals surface area contributed by atoms with Crippen LogP contribution in [-0.4, -0.2) is 39.6 Å². The first-order valence-corrected chi connectivity index (χ1v) is 17.4. The fourth-order valence-electron chi connectivity index (χ4n) is 8.57. The molecule has 1 aliphatic heterocycles. The summed E-state index contributed by atoms with van der Waals surface area (Å²) >= 11 is 1.62. The van der Waals surface area contributed by atoms with E-state index in [9.17, 15) is 19.8 Å². The Labute approximate surface area is 274 Å². The Bertz CT molecular complexity index is 1510. The largest absolute Gasteiger partial charge is 0.478 e. The minimum atomic E-state index is -0.944. The van der Waals surface area contributed by atoms with Crippen molar-refractivity contribution in [3.05, 3.63) is 95.1 Å². The first kappa shape index (κ1) is 31.2. The Kier molecular flexibility index (Phi) is 8.85. The maximum absolute atomic E-state index is 13.1. The monoisotopic (exact) mass is 642 g/mol. The van der Waals surface area contributed by atoms with Crippen LogP contribution in [0.25, 0.3) is 0 Å². The highest BCUT2D eigenvalue weighted by Crippen LogP contribution is 2.55. The fraction of sp³-hybridized carbons (Fsp3) is 0.459. The van der Waals surface area contributed by atoms with Gasteiger partial charge in [0, 0.05) is 33.4 Å². The number of hydrogen-bond donors (Lipinski definition) is 4. The Balaban J connectivity index is 1.04. The van der Waals surface area contributed by atoms with Gasteiger partial charge in [-0.05, 0) is 104 Å². The summed E-state index contributed by atoms with van der Waals surface area (Å²) in [6.07, 6.45) is 6.32. The second-order valence-corrected chi connectivity index (χ2v) is 15.0. The van der Waals surface area contributed by atoms with Gasteiger partial charge in [-0.3, -0.25) is 0 Å². The van der Waals surface area contributed by atoms with Crippen LogP contribution in [0.1, 0.15) is 84.9 Å². The molecule has 9 heteroatoms. The van der Waals surface area contributed by atoms with Gasteiger partial charge in [0.25, 0.3) is 0 Å². The Hall–Kier alpha value is -3.37. The summed E-state index contributed by atoms with van der Waals surface area (Å²) in [5.74, 6) is 2.03. The van der Waals surface area contributed by atoms with E-state index < -0.39 is 12.3 Å². The molecule has 4 aliphatic carbocycles. The van der Waals surface area contributed by atoms with Crippen LogP contribution in [-0.2, 0) is 16.1 Å². The molecule has 4 N–H and O–H groups in total. The fourth-order valence-corrected chi connectivity index (χ4v) is 9.64. The number of nitrogens with one attached hydrogen (secondary N) is 2. The number of aliphatic hydroxyl groups is 1. The SMILES string of the molecule is CC1C(CSc2ccc(C(=O)O)cc2)OC(c2ccc(NC(=O)NC34CC5CC(CC(C5)C3)C4)cc2)OC1c1ccc(CO)cc1. The molecule has 8 rings (SSSR count). The van der Waals surface area contributed by atoms with Crippen LogP contribution in [0.3, 0.4) is 0 Å². The van der Waals surface area contributed by atoms with Crippen LogP contribution >= 0.6 is 11.8 Å². The third kappa shape index (κ3) is 6.69. The summed E-state index contributed by atoms with van der Waals surface area (Å²) in [7, 11) is 0. The number of rotatable bonds is 9. The van der Waals surface area contributed by atoms with Gasteiger partial charge in [0.05, 0.1) is 24.4 Å². The average molecular weight is 643 g/mol. The number of carbonyl (C=O) groups is 2. The molecule has 4 atom stereocenters. The van der Waals surface area contributed by atoms with Gasteiger partial charge >= 0.3 is 12.0 Å². The molecule has 0 radical (unpaired) electrons. The number of amides is 2. The Morgan fingerprint density at radius 1 is 0.848 bits per heavy atom. The summed E-state index contributed by atoms with van der Waals surface area (Å²) in [4.78, 5) is 25.4. The lowest BCUT2D eigenvalue weighted by atomic mass is 9.53. The lowest BCUT2D eigenvalue weighted by Gasteiger charge is -2.56. The number of hydrogen-bond acceptors (Lipinski definition) is 6. The van der Waals surface area contributed by atoms with E-state index in [0.29, 0.717) is 5.75 Å². The van der Waals surface area contributed by atoms with Crippen molar-refractivity contribution >= 4 is 29.4 Å². The molecule has 4 unspecified atom stereocenters. The molecule has 5 fully saturated rings. The molecular formula is C37H42N2O6S. The maximum atomic E-state index is 13.1. The van der Waals surface area contributed by atoms with Crippen molar-refractivity contribution < 1.29 is 29.3 Å². The molecule has 3 aromatic carbocycles. The van der Waals surface area contributed by atoms with E-state index in [1.807, 2.05) is 60.7 Å². The van der Waals surface area contributed by atoms with Gasteiger partial charge in [-0.1, -0.05) is 43.3 Å². The van der Waals surface area contributed by atoms with Crippen molar-refractivity contribution in [3.63, 3.8) is 0 Å². The molecule has 8 nitrogen and oxygen atoms in total. The van der Waals surface area contributed by atoms with Crippen LogP contribution in [0.4, 0.5) is 10.5 Å². The molecule has 46 heavy (non-hydrogen) atoms. The molecule has 2 amide bonds. The predicted octanol–water partition coefficient (Wildman–Crippen LogP) is 7.55. The van der Waals surface area contributed by atoms with Crippen LogP contribution in [0.5, 0.6) is 0 Å².